The van der Waals surface area contributed by atoms with E-state index in [1.165, 1.54) is 30.5 Å². The Kier molecular flexibility index (Phi) is 3.43. The summed E-state index contributed by atoms with van der Waals surface area (Å²) < 4.78 is 0. The van der Waals surface area contributed by atoms with Crippen LogP contribution in [0.15, 0.2) is 18.2 Å². The molecule has 1 aromatic rings. The SMILES string of the molecule is O=C(c1ccc2c(c1)CNC2)N1CCN(CC2CC2)CC1. The molecule has 1 saturated carbocycles. The number of fused-ring (bicyclic) bond motifs is 1. The Labute approximate surface area is 126 Å². The average molecular weight is 285 g/mol. The molecule has 0 radical (unpaired) electrons. The van der Waals surface area contributed by atoms with Crippen molar-refractivity contribution in [2.75, 3.05) is 32.7 Å². The van der Waals surface area contributed by atoms with Gasteiger partial charge in [0.25, 0.3) is 5.91 Å². The van der Waals surface area contributed by atoms with Gasteiger partial charge in [0.15, 0.2) is 0 Å². The monoisotopic (exact) mass is 285 g/mol. The first-order valence-electron chi connectivity index (χ1n) is 8.14. The minimum atomic E-state index is 0.204. The van der Waals surface area contributed by atoms with Crippen LogP contribution in [-0.4, -0.2) is 48.4 Å². The molecule has 4 heteroatoms. The van der Waals surface area contributed by atoms with Gasteiger partial charge in [-0.05, 0) is 42.0 Å². The zero-order valence-electron chi connectivity index (χ0n) is 12.5. The molecule has 0 bridgehead atoms. The number of hydrogen-bond acceptors (Lipinski definition) is 3. The maximum atomic E-state index is 12.6. The predicted octanol–water partition coefficient (Wildman–Crippen LogP) is 1.46. The normalized spacial score (nSPS) is 22.4. The van der Waals surface area contributed by atoms with Crippen molar-refractivity contribution in [3.8, 4) is 0 Å². The van der Waals surface area contributed by atoms with E-state index < -0.39 is 0 Å². The lowest BCUT2D eigenvalue weighted by molar-refractivity contribution is 0.0632. The van der Waals surface area contributed by atoms with Crippen molar-refractivity contribution in [2.45, 2.75) is 25.9 Å². The van der Waals surface area contributed by atoms with Gasteiger partial charge in [0.1, 0.15) is 0 Å². The van der Waals surface area contributed by atoms with Crippen LogP contribution in [0.2, 0.25) is 0 Å². The Bertz CT molecular complexity index is 545. The molecule has 21 heavy (non-hydrogen) atoms. The third-order valence-electron chi connectivity index (χ3n) is 4.96. The smallest absolute Gasteiger partial charge is 0.253 e. The lowest BCUT2D eigenvalue weighted by atomic mass is 10.1. The summed E-state index contributed by atoms with van der Waals surface area (Å²) in [6.45, 7) is 6.90. The van der Waals surface area contributed by atoms with Gasteiger partial charge < -0.3 is 10.2 Å². The number of rotatable bonds is 3. The second kappa shape index (κ2) is 5.43. The zero-order valence-corrected chi connectivity index (χ0v) is 12.5. The summed E-state index contributed by atoms with van der Waals surface area (Å²) in [5.41, 5.74) is 3.47. The van der Waals surface area contributed by atoms with Crippen LogP contribution in [0.4, 0.5) is 0 Å². The van der Waals surface area contributed by atoms with Crippen LogP contribution in [0.1, 0.15) is 34.3 Å². The quantitative estimate of drug-likeness (QED) is 0.913. The van der Waals surface area contributed by atoms with Crippen molar-refractivity contribution in [1.29, 1.82) is 0 Å². The van der Waals surface area contributed by atoms with E-state index in [9.17, 15) is 4.79 Å². The van der Waals surface area contributed by atoms with Crippen molar-refractivity contribution < 1.29 is 4.79 Å². The third kappa shape index (κ3) is 2.83. The number of piperazine rings is 1. The van der Waals surface area contributed by atoms with Gasteiger partial charge in [-0.2, -0.15) is 0 Å². The molecular formula is C17H23N3O. The Hall–Kier alpha value is -1.39. The summed E-state index contributed by atoms with van der Waals surface area (Å²) in [5, 5.41) is 3.33. The van der Waals surface area contributed by atoms with E-state index in [1.54, 1.807) is 0 Å². The number of amides is 1. The van der Waals surface area contributed by atoms with Crippen molar-refractivity contribution in [3.63, 3.8) is 0 Å². The van der Waals surface area contributed by atoms with Gasteiger partial charge in [0.2, 0.25) is 0 Å². The molecule has 0 aromatic heterocycles. The molecule has 3 aliphatic rings. The molecule has 2 heterocycles. The molecule has 2 fully saturated rings. The number of carbonyl (C=O) groups is 1. The Balaban J connectivity index is 1.38. The minimum absolute atomic E-state index is 0.204. The van der Waals surface area contributed by atoms with E-state index in [4.69, 9.17) is 0 Å². The number of nitrogens with zero attached hydrogens (tertiary/aromatic N) is 2. The summed E-state index contributed by atoms with van der Waals surface area (Å²) in [7, 11) is 0. The van der Waals surface area contributed by atoms with Gasteiger partial charge >= 0.3 is 0 Å². The second-order valence-corrected chi connectivity index (χ2v) is 6.62. The van der Waals surface area contributed by atoms with Crippen molar-refractivity contribution >= 4 is 5.91 Å². The first-order chi connectivity index (χ1) is 10.3. The molecule has 0 atom stereocenters. The summed E-state index contributed by atoms with van der Waals surface area (Å²) in [6.07, 6.45) is 2.81. The minimum Gasteiger partial charge on any atom is -0.336 e. The van der Waals surface area contributed by atoms with Crippen molar-refractivity contribution in [3.05, 3.63) is 34.9 Å². The molecule has 1 N–H and O–H groups in total. The van der Waals surface area contributed by atoms with Crippen molar-refractivity contribution in [1.82, 2.24) is 15.1 Å². The summed E-state index contributed by atoms with van der Waals surface area (Å²) in [4.78, 5) is 17.2. The Morgan fingerprint density at radius 2 is 1.86 bits per heavy atom. The molecule has 1 amide bonds. The molecule has 2 aliphatic heterocycles. The zero-order chi connectivity index (χ0) is 14.2. The van der Waals surface area contributed by atoms with Gasteiger partial charge in [-0.25, -0.2) is 0 Å². The van der Waals surface area contributed by atoms with E-state index in [0.29, 0.717) is 0 Å². The first kappa shape index (κ1) is 13.3. The van der Waals surface area contributed by atoms with E-state index >= 15 is 0 Å². The fourth-order valence-electron chi connectivity index (χ4n) is 3.41. The molecule has 1 aromatic carbocycles. The molecule has 0 unspecified atom stereocenters. The third-order valence-corrected chi connectivity index (χ3v) is 4.96. The number of hydrogen-bond donors (Lipinski definition) is 1. The number of benzene rings is 1. The van der Waals surface area contributed by atoms with E-state index in [1.807, 2.05) is 11.0 Å². The maximum absolute atomic E-state index is 12.6. The van der Waals surface area contributed by atoms with Gasteiger partial charge in [-0.3, -0.25) is 9.69 Å². The molecule has 4 nitrogen and oxygen atoms in total. The van der Waals surface area contributed by atoms with Crippen LogP contribution in [0.25, 0.3) is 0 Å². The highest BCUT2D eigenvalue weighted by Gasteiger charge is 2.28. The van der Waals surface area contributed by atoms with E-state index in [2.05, 4.69) is 22.3 Å². The molecule has 1 saturated heterocycles. The molecule has 1 aliphatic carbocycles. The van der Waals surface area contributed by atoms with Crippen molar-refractivity contribution in [2.24, 2.45) is 5.92 Å². The van der Waals surface area contributed by atoms with Crippen LogP contribution in [0, 0.1) is 5.92 Å². The molecule has 4 rings (SSSR count). The fourth-order valence-corrected chi connectivity index (χ4v) is 3.41. The van der Waals surface area contributed by atoms with Gasteiger partial charge in [-0.1, -0.05) is 6.07 Å². The van der Waals surface area contributed by atoms with Crippen LogP contribution >= 0.6 is 0 Å². The fraction of sp³-hybridized carbons (Fsp3) is 0.588. The van der Waals surface area contributed by atoms with Crippen LogP contribution in [0.5, 0.6) is 0 Å². The number of carbonyl (C=O) groups excluding carboxylic acids is 1. The lowest BCUT2D eigenvalue weighted by Gasteiger charge is -2.34. The first-order valence-corrected chi connectivity index (χ1v) is 8.14. The molecular weight excluding hydrogens is 262 g/mol. The highest BCUT2D eigenvalue weighted by molar-refractivity contribution is 5.94. The molecule has 112 valence electrons. The van der Waals surface area contributed by atoms with Gasteiger partial charge in [-0.15, -0.1) is 0 Å². The average Bonchev–Trinajstić information content (AvgIpc) is 3.21. The van der Waals surface area contributed by atoms with E-state index in [0.717, 1.165) is 50.7 Å². The van der Waals surface area contributed by atoms with Crippen LogP contribution in [0.3, 0.4) is 0 Å². The largest absolute Gasteiger partial charge is 0.336 e. The highest BCUT2D eigenvalue weighted by Crippen LogP contribution is 2.30. The summed E-state index contributed by atoms with van der Waals surface area (Å²) in [6, 6.07) is 6.17. The summed E-state index contributed by atoms with van der Waals surface area (Å²) >= 11 is 0. The van der Waals surface area contributed by atoms with Crippen LogP contribution < -0.4 is 5.32 Å². The van der Waals surface area contributed by atoms with Gasteiger partial charge in [0.05, 0.1) is 0 Å². The van der Waals surface area contributed by atoms with E-state index in [-0.39, 0.29) is 5.91 Å². The predicted molar refractivity (Wildman–Crippen MR) is 82.1 cm³/mol. The standard InChI is InChI=1S/C17H23N3O/c21-17(14-3-4-15-10-18-11-16(15)9-14)20-7-5-19(6-8-20)12-13-1-2-13/h3-4,9,13,18H,1-2,5-8,10-12H2. The topological polar surface area (TPSA) is 35.6 Å². The maximum Gasteiger partial charge on any atom is 0.253 e. The highest BCUT2D eigenvalue weighted by atomic mass is 16.2. The second-order valence-electron chi connectivity index (χ2n) is 6.62. The summed E-state index contributed by atoms with van der Waals surface area (Å²) in [5.74, 6) is 1.15. The van der Waals surface area contributed by atoms with Gasteiger partial charge in [0, 0.05) is 51.4 Å². The van der Waals surface area contributed by atoms with Crippen LogP contribution in [-0.2, 0) is 13.1 Å². The Morgan fingerprint density at radius 3 is 2.62 bits per heavy atom. The molecule has 0 spiro atoms. The lowest BCUT2D eigenvalue weighted by Crippen LogP contribution is -2.49. The number of nitrogens with one attached hydrogen (secondary N) is 1. The Morgan fingerprint density at radius 1 is 1.10 bits per heavy atom.